The lowest BCUT2D eigenvalue weighted by Crippen LogP contribution is -2.64. The van der Waals surface area contributed by atoms with Gasteiger partial charge in [0.15, 0.2) is 36.3 Å². The van der Waals surface area contributed by atoms with Crippen LogP contribution in [0.25, 0.3) is 0 Å². The van der Waals surface area contributed by atoms with Crippen molar-refractivity contribution < 1.29 is 88.0 Å². The predicted molar refractivity (Wildman–Crippen MR) is 265 cm³/mol. The van der Waals surface area contributed by atoms with E-state index in [4.69, 9.17) is 61.1 Å². The Morgan fingerprint density at radius 1 is 0.903 bits per heavy atom. The first kappa shape index (κ1) is 60.7. The summed E-state index contributed by atoms with van der Waals surface area (Å²) in [4.78, 5) is 40.0. The highest BCUT2D eigenvalue weighted by Crippen LogP contribution is 2.45. The molecule has 2 saturated heterocycles. The SMILES string of the molecule is CCc1c(Cl)c(O)c(Cl)c(O)c1C(=O)O[C@@H]1[C@@H](O)[C@@H](OC)[C@@H](OC/C2=C\C=C\C[C@H](O)/C(C)=C/[C@H](CC)[C@@H](O[C@@H]3OC(C)(C)[C@@H](OC(=O)C(C)C)[C@H](O)[C@@H]3O)/C(C)=C/C(C)=C/C[C@@H]([C@H](C)O)OC2=O)O[C@H]1C. The van der Waals surface area contributed by atoms with Gasteiger partial charge in [-0.3, -0.25) is 4.79 Å². The predicted octanol–water partition coefficient (Wildman–Crippen LogP) is 6.23. The number of aromatic hydroxyl groups is 2. The van der Waals surface area contributed by atoms with E-state index in [-0.39, 0.29) is 35.4 Å². The maximum absolute atomic E-state index is 13.9. The third-order valence-corrected chi connectivity index (χ3v) is 13.8. The Morgan fingerprint density at radius 3 is 2.17 bits per heavy atom. The third kappa shape index (κ3) is 14.7. The quantitative estimate of drug-likeness (QED) is 0.0655. The Bertz CT molecular complexity index is 2220. The lowest BCUT2D eigenvalue weighted by Gasteiger charge is -2.47. The molecular weight excluding hydrogens is 983 g/mol. The first-order valence-corrected chi connectivity index (χ1v) is 24.9. The summed E-state index contributed by atoms with van der Waals surface area (Å²) in [5, 5.41) is 76.5. The highest BCUT2D eigenvalue weighted by molar-refractivity contribution is 6.39. The van der Waals surface area contributed by atoms with E-state index in [2.05, 4.69) is 0 Å². The van der Waals surface area contributed by atoms with Gasteiger partial charge in [-0.15, -0.1) is 0 Å². The van der Waals surface area contributed by atoms with E-state index < -0.39 is 144 Å². The molecule has 72 heavy (non-hydrogen) atoms. The molecule has 0 aromatic heterocycles. The van der Waals surface area contributed by atoms with Gasteiger partial charge in [-0.1, -0.05) is 86.9 Å². The smallest absolute Gasteiger partial charge is 0.342 e. The van der Waals surface area contributed by atoms with Crippen LogP contribution in [0.5, 0.6) is 11.5 Å². The molecule has 1 aromatic carbocycles. The standard InChI is InChI=1S/C52H74Cl2O18/c1-13-30-22-26(6)33(56)18-16-15-17-31(23-66-51-45(65-12)42(61)44(29(9)67-51)69-49(64)35-32(14-2)36(53)39(58)37(54)38(35)57)48(63)68-34(28(8)55)20-19-25(5)21-27(7)43(30)70-50-41(60)40(59)46(52(10,11)72-50)71-47(62)24(3)4/h15-17,19,21-22,24,28-30,33-34,40-46,50-51,55-61H,13-14,18,20,23H2,1-12H3/b16-15+,25-19+,26-22+,27-21+,31-17+/t28-,29-,30-,33-,34-,40+,41-,42+,43-,44-,45+,46-,50+,51-/m0/s1. The Labute approximate surface area is 431 Å². The summed E-state index contributed by atoms with van der Waals surface area (Å²) in [6, 6.07) is 0. The number of esters is 3. The molecule has 0 bridgehead atoms. The molecular formula is C52H74Cl2O18. The van der Waals surface area contributed by atoms with Crippen LogP contribution in [0.4, 0.5) is 0 Å². The maximum atomic E-state index is 13.9. The zero-order valence-corrected chi connectivity index (χ0v) is 44.5. The van der Waals surface area contributed by atoms with Crippen LogP contribution in [0.1, 0.15) is 111 Å². The highest BCUT2D eigenvalue weighted by Gasteiger charge is 2.53. The minimum atomic E-state index is -1.61. The second-order valence-electron chi connectivity index (χ2n) is 19.4. The van der Waals surface area contributed by atoms with Crippen molar-refractivity contribution in [1.82, 2.24) is 0 Å². The summed E-state index contributed by atoms with van der Waals surface area (Å²) in [5.74, 6) is -4.78. The van der Waals surface area contributed by atoms with Crippen LogP contribution in [0, 0.1) is 11.8 Å². The molecule has 0 spiro atoms. The number of cyclic esters (lactones) is 1. The van der Waals surface area contributed by atoms with Crippen molar-refractivity contribution in [2.75, 3.05) is 13.7 Å². The first-order valence-electron chi connectivity index (χ1n) is 24.2. The number of phenols is 2. The molecule has 0 saturated carbocycles. The molecule has 3 heterocycles. The number of allylic oxidation sites excluding steroid dienone is 4. The van der Waals surface area contributed by atoms with E-state index >= 15 is 0 Å². The number of ether oxygens (including phenoxy) is 8. The number of hydrogen-bond acceptors (Lipinski definition) is 18. The molecule has 0 amide bonds. The molecule has 2 fully saturated rings. The monoisotopic (exact) mass is 1060 g/mol. The number of phenolic OH excluding ortho intramolecular Hbond substituents is 2. The molecule has 4 rings (SSSR count). The molecule has 0 unspecified atom stereocenters. The van der Waals surface area contributed by atoms with E-state index in [1.165, 1.54) is 33.1 Å². The number of aliphatic hydroxyl groups is 5. The fourth-order valence-corrected chi connectivity index (χ4v) is 9.16. The van der Waals surface area contributed by atoms with Crippen LogP contribution < -0.4 is 0 Å². The number of halogens is 2. The molecule has 0 aliphatic carbocycles. The van der Waals surface area contributed by atoms with Crippen LogP contribution in [0.2, 0.25) is 10.0 Å². The molecule has 1 aromatic rings. The van der Waals surface area contributed by atoms with Gasteiger partial charge < -0.3 is 73.6 Å². The van der Waals surface area contributed by atoms with E-state index in [9.17, 15) is 50.1 Å². The van der Waals surface area contributed by atoms with Crippen molar-refractivity contribution in [3.8, 4) is 11.5 Å². The van der Waals surface area contributed by atoms with Crippen molar-refractivity contribution in [1.29, 1.82) is 0 Å². The lowest BCUT2D eigenvalue weighted by molar-refractivity contribution is -0.333. The largest absolute Gasteiger partial charge is 0.505 e. The number of benzene rings is 1. The van der Waals surface area contributed by atoms with Gasteiger partial charge in [-0.2, -0.15) is 0 Å². The van der Waals surface area contributed by atoms with Gasteiger partial charge in [-0.25, -0.2) is 9.59 Å². The number of hydrogen-bond donors (Lipinski definition) is 7. The fourth-order valence-electron chi connectivity index (χ4n) is 8.60. The zero-order chi connectivity index (χ0) is 54.1. The van der Waals surface area contributed by atoms with Gasteiger partial charge in [-0.05, 0) is 90.5 Å². The minimum Gasteiger partial charge on any atom is -0.505 e. The topological polar surface area (TPSA) is 267 Å². The van der Waals surface area contributed by atoms with E-state index in [0.29, 0.717) is 23.1 Å². The third-order valence-electron chi connectivity index (χ3n) is 13.0. The Morgan fingerprint density at radius 2 is 1.57 bits per heavy atom. The van der Waals surface area contributed by atoms with E-state index in [1.807, 2.05) is 32.9 Å². The van der Waals surface area contributed by atoms with Crippen LogP contribution >= 0.6 is 23.2 Å². The van der Waals surface area contributed by atoms with Crippen LogP contribution in [0.15, 0.2) is 58.7 Å². The molecule has 20 heteroatoms. The summed E-state index contributed by atoms with van der Waals surface area (Å²) in [6.45, 7) is 18.1. The fraction of sp³-hybridized carbons (Fsp3) is 0.635. The van der Waals surface area contributed by atoms with Crippen molar-refractivity contribution in [2.45, 2.75) is 187 Å². The average Bonchev–Trinajstić information content (AvgIpc) is 3.32. The Balaban J connectivity index is 1.61. The number of methoxy groups -OCH3 is 1. The zero-order valence-electron chi connectivity index (χ0n) is 43.0. The van der Waals surface area contributed by atoms with Gasteiger partial charge in [0.1, 0.15) is 46.7 Å². The highest BCUT2D eigenvalue weighted by atomic mass is 35.5. The van der Waals surface area contributed by atoms with E-state index in [1.54, 1.807) is 53.7 Å². The Hall–Kier alpha value is -3.89. The summed E-state index contributed by atoms with van der Waals surface area (Å²) in [5.41, 5.74) is 0.318. The summed E-state index contributed by atoms with van der Waals surface area (Å²) < 4.78 is 47.5. The van der Waals surface area contributed by atoms with Gasteiger partial charge in [0, 0.05) is 19.4 Å². The van der Waals surface area contributed by atoms with Crippen LogP contribution in [0.3, 0.4) is 0 Å². The first-order chi connectivity index (χ1) is 33.7. The van der Waals surface area contributed by atoms with Gasteiger partial charge in [0.25, 0.3) is 0 Å². The molecule has 7 N–H and O–H groups in total. The van der Waals surface area contributed by atoms with Gasteiger partial charge in [0.2, 0.25) is 0 Å². The number of aliphatic hydroxyl groups excluding tert-OH is 5. The number of carbonyl (C=O) groups excluding carboxylic acids is 3. The molecule has 18 nitrogen and oxygen atoms in total. The molecule has 0 radical (unpaired) electrons. The normalized spacial score (nSPS) is 34.8. The van der Waals surface area contributed by atoms with E-state index in [0.717, 1.165) is 0 Å². The number of carbonyl (C=O) groups is 3. The van der Waals surface area contributed by atoms with Crippen molar-refractivity contribution in [3.63, 3.8) is 0 Å². The Kier molecular flexibility index (Phi) is 22.4. The molecule has 3 aliphatic rings. The second-order valence-corrected chi connectivity index (χ2v) is 20.1. The van der Waals surface area contributed by atoms with Crippen molar-refractivity contribution in [3.05, 3.63) is 79.9 Å². The maximum Gasteiger partial charge on any atom is 0.342 e. The summed E-state index contributed by atoms with van der Waals surface area (Å²) in [6.07, 6.45) is -5.45. The van der Waals surface area contributed by atoms with Crippen molar-refractivity contribution >= 4 is 41.1 Å². The number of rotatable bonds is 13. The van der Waals surface area contributed by atoms with Gasteiger partial charge in [0.05, 0.1) is 47.5 Å². The van der Waals surface area contributed by atoms with Crippen LogP contribution in [-0.4, -0.2) is 153 Å². The summed E-state index contributed by atoms with van der Waals surface area (Å²) in [7, 11) is 1.26. The molecule has 3 aliphatic heterocycles. The van der Waals surface area contributed by atoms with Crippen molar-refractivity contribution in [2.24, 2.45) is 11.8 Å². The summed E-state index contributed by atoms with van der Waals surface area (Å²) >= 11 is 12.3. The molecule has 14 atom stereocenters. The second kappa shape index (κ2) is 26.5. The molecule has 404 valence electrons. The lowest BCUT2D eigenvalue weighted by atomic mass is 9.88. The average molecular weight is 1060 g/mol. The van der Waals surface area contributed by atoms with Crippen LogP contribution in [-0.2, 0) is 53.9 Å². The van der Waals surface area contributed by atoms with Gasteiger partial charge >= 0.3 is 17.9 Å². The minimum absolute atomic E-state index is 0.0372.